The molecule has 0 unspecified atom stereocenters. The molecule has 3 rings (SSSR count). The third kappa shape index (κ3) is 5.76. The van der Waals surface area contributed by atoms with E-state index in [1.165, 1.54) is 18.2 Å². The third-order valence-corrected chi connectivity index (χ3v) is 4.68. The van der Waals surface area contributed by atoms with E-state index in [1.54, 1.807) is 6.92 Å². The van der Waals surface area contributed by atoms with Crippen LogP contribution in [0.25, 0.3) is 11.1 Å². The fourth-order valence-corrected chi connectivity index (χ4v) is 3.10. The summed E-state index contributed by atoms with van der Waals surface area (Å²) in [7, 11) is 0. The minimum Gasteiger partial charge on any atom is -0.462 e. The number of benzene rings is 3. The summed E-state index contributed by atoms with van der Waals surface area (Å²) in [6.07, 6.45) is 0.623. The number of hydrogen-bond donors (Lipinski definition) is 1. The molecule has 1 amide bonds. The summed E-state index contributed by atoms with van der Waals surface area (Å²) in [5, 5.41) is 13.8. The summed E-state index contributed by atoms with van der Waals surface area (Å²) in [6, 6.07) is 21.6. The number of aryl methyl sites for hydroxylation is 1. The Balaban J connectivity index is 1.65. The number of nitrogens with one attached hydrogen (secondary N) is 1. The monoisotopic (exact) mass is 418 g/mol. The second-order valence-electron chi connectivity index (χ2n) is 6.82. The number of nitrogens with zero attached hydrogens (tertiary/aromatic N) is 1. The van der Waals surface area contributed by atoms with E-state index in [9.17, 15) is 19.7 Å². The van der Waals surface area contributed by atoms with Crippen LogP contribution < -0.4 is 5.32 Å². The van der Waals surface area contributed by atoms with Crippen molar-refractivity contribution in [3.05, 3.63) is 94.0 Å². The van der Waals surface area contributed by atoms with Crippen LogP contribution in [0.15, 0.2) is 72.8 Å². The summed E-state index contributed by atoms with van der Waals surface area (Å²) in [5.41, 5.74) is 3.00. The molecule has 0 radical (unpaired) electrons. The highest BCUT2D eigenvalue weighted by Gasteiger charge is 2.19. The summed E-state index contributed by atoms with van der Waals surface area (Å²) < 4.78 is 4.91. The highest BCUT2D eigenvalue weighted by atomic mass is 16.6. The first-order valence-electron chi connectivity index (χ1n) is 9.87. The summed E-state index contributed by atoms with van der Waals surface area (Å²) in [5.74, 6) is -0.984. The van der Waals surface area contributed by atoms with E-state index in [4.69, 9.17) is 4.74 Å². The quantitative estimate of drug-likeness (QED) is 0.315. The predicted molar refractivity (Wildman–Crippen MR) is 118 cm³/mol. The SMILES string of the molecule is CCOC(=O)c1ccc([N+](=O)[O-])c(NC(=O)CCc2ccc(-c3ccccc3)cc2)c1. The van der Waals surface area contributed by atoms with E-state index < -0.39 is 10.9 Å². The number of amides is 1. The number of anilines is 1. The molecule has 0 bridgehead atoms. The lowest BCUT2D eigenvalue weighted by Crippen LogP contribution is -2.14. The minimum absolute atomic E-state index is 0.0278. The van der Waals surface area contributed by atoms with Gasteiger partial charge < -0.3 is 10.1 Å². The second kappa shape index (κ2) is 10.2. The van der Waals surface area contributed by atoms with Crippen LogP contribution in [0.5, 0.6) is 0 Å². The molecule has 0 aliphatic heterocycles. The minimum atomic E-state index is -0.605. The van der Waals surface area contributed by atoms with Gasteiger partial charge in [-0.2, -0.15) is 0 Å². The van der Waals surface area contributed by atoms with Crippen LogP contribution in [-0.4, -0.2) is 23.4 Å². The van der Waals surface area contributed by atoms with E-state index >= 15 is 0 Å². The zero-order chi connectivity index (χ0) is 22.2. The van der Waals surface area contributed by atoms with E-state index in [-0.39, 0.29) is 35.9 Å². The molecule has 0 aliphatic carbocycles. The molecule has 1 N–H and O–H groups in total. The van der Waals surface area contributed by atoms with Crippen molar-refractivity contribution in [2.45, 2.75) is 19.8 Å². The Kier molecular flexibility index (Phi) is 7.11. The maximum absolute atomic E-state index is 12.4. The van der Waals surface area contributed by atoms with Crippen LogP contribution in [0, 0.1) is 10.1 Å². The van der Waals surface area contributed by atoms with Crippen LogP contribution in [0.4, 0.5) is 11.4 Å². The van der Waals surface area contributed by atoms with Crippen LogP contribution >= 0.6 is 0 Å². The molecule has 31 heavy (non-hydrogen) atoms. The Hall–Kier alpha value is -4.00. The topological polar surface area (TPSA) is 98.5 Å². The number of rotatable bonds is 8. The van der Waals surface area contributed by atoms with Crippen molar-refractivity contribution < 1.29 is 19.2 Å². The molecule has 0 aromatic heterocycles. The molecule has 0 heterocycles. The van der Waals surface area contributed by atoms with Crippen molar-refractivity contribution in [2.75, 3.05) is 11.9 Å². The number of hydrogen-bond acceptors (Lipinski definition) is 5. The molecule has 3 aromatic rings. The number of esters is 1. The Labute approximate surface area is 179 Å². The molecule has 7 heteroatoms. The van der Waals surface area contributed by atoms with Crippen molar-refractivity contribution in [3.63, 3.8) is 0 Å². The molecule has 3 aromatic carbocycles. The summed E-state index contributed by atoms with van der Waals surface area (Å²) in [4.78, 5) is 35.0. The first-order valence-corrected chi connectivity index (χ1v) is 9.87. The van der Waals surface area contributed by atoms with Gasteiger partial charge in [0, 0.05) is 12.5 Å². The van der Waals surface area contributed by atoms with E-state index in [0.29, 0.717) is 6.42 Å². The number of nitro benzene ring substituents is 1. The largest absolute Gasteiger partial charge is 0.462 e. The lowest BCUT2D eigenvalue weighted by atomic mass is 10.0. The molecule has 158 valence electrons. The average molecular weight is 418 g/mol. The summed E-state index contributed by atoms with van der Waals surface area (Å²) >= 11 is 0. The van der Waals surface area contributed by atoms with Crippen molar-refractivity contribution in [2.24, 2.45) is 0 Å². The number of ether oxygens (including phenoxy) is 1. The number of carbonyl (C=O) groups is 2. The lowest BCUT2D eigenvalue weighted by molar-refractivity contribution is -0.383. The third-order valence-electron chi connectivity index (χ3n) is 4.68. The van der Waals surface area contributed by atoms with E-state index in [1.807, 2.05) is 54.6 Å². The smallest absolute Gasteiger partial charge is 0.338 e. The molecule has 0 fully saturated rings. The standard InChI is InChI=1S/C24H22N2O5/c1-2-31-24(28)20-13-14-22(26(29)30)21(16-20)25-23(27)15-10-17-8-11-19(12-9-17)18-6-4-3-5-7-18/h3-9,11-14,16H,2,10,15H2,1H3,(H,25,27). The highest BCUT2D eigenvalue weighted by molar-refractivity contribution is 5.97. The fraction of sp³-hybridized carbons (Fsp3) is 0.167. The first kappa shape index (κ1) is 21.7. The molecule has 0 atom stereocenters. The zero-order valence-electron chi connectivity index (χ0n) is 17.0. The van der Waals surface area contributed by atoms with Gasteiger partial charge in [-0.3, -0.25) is 14.9 Å². The van der Waals surface area contributed by atoms with Gasteiger partial charge in [-0.1, -0.05) is 54.6 Å². The van der Waals surface area contributed by atoms with Crippen LogP contribution in [-0.2, 0) is 16.0 Å². The van der Waals surface area contributed by atoms with E-state index in [2.05, 4.69) is 5.32 Å². The molecule has 0 saturated carbocycles. The van der Waals surface area contributed by atoms with Crippen molar-refractivity contribution >= 4 is 23.3 Å². The number of nitro groups is 1. The fourth-order valence-electron chi connectivity index (χ4n) is 3.10. The van der Waals surface area contributed by atoms with Crippen LogP contribution in [0.1, 0.15) is 29.3 Å². The van der Waals surface area contributed by atoms with Gasteiger partial charge in [0.2, 0.25) is 5.91 Å². The molecular formula is C24H22N2O5. The Morgan fingerprint density at radius 2 is 1.65 bits per heavy atom. The lowest BCUT2D eigenvalue weighted by Gasteiger charge is -2.09. The summed E-state index contributed by atoms with van der Waals surface area (Å²) in [6.45, 7) is 1.85. The maximum atomic E-state index is 12.4. The Morgan fingerprint density at radius 1 is 0.968 bits per heavy atom. The Morgan fingerprint density at radius 3 is 2.29 bits per heavy atom. The molecular weight excluding hydrogens is 396 g/mol. The van der Waals surface area contributed by atoms with Crippen LogP contribution in [0.2, 0.25) is 0 Å². The van der Waals surface area contributed by atoms with Gasteiger partial charge >= 0.3 is 5.97 Å². The predicted octanol–water partition coefficient (Wildman–Crippen LogP) is 5.01. The van der Waals surface area contributed by atoms with Crippen molar-refractivity contribution in [1.29, 1.82) is 0 Å². The maximum Gasteiger partial charge on any atom is 0.338 e. The Bertz CT molecular complexity index is 1080. The van der Waals surface area contributed by atoms with Gasteiger partial charge in [0.1, 0.15) is 5.69 Å². The average Bonchev–Trinajstić information content (AvgIpc) is 2.78. The van der Waals surface area contributed by atoms with Gasteiger partial charge in [0.15, 0.2) is 0 Å². The van der Waals surface area contributed by atoms with Crippen molar-refractivity contribution in [3.8, 4) is 11.1 Å². The highest BCUT2D eigenvalue weighted by Crippen LogP contribution is 2.26. The van der Waals surface area contributed by atoms with Gasteiger partial charge in [-0.25, -0.2) is 4.79 Å². The first-order chi connectivity index (χ1) is 15.0. The van der Waals surface area contributed by atoms with Crippen molar-refractivity contribution in [1.82, 2.24) is 0 Å². The number of carbonyl (C=O) groups excluding carboxylic acids is 2. The van der Waals surface area contributed by atoms with Gasteiger partial charge in [-0.05, 0) is 42.2 Å². The van der Waals surface area contributed by atoms with Crippen LogP contribution in [0.3, 0.4) is 0 Å². The van der Waals surface area contributed by atoms with E-state index in [0.717, 1.165) is 16.7 Å². The molecule has 0 aliphatic rings. The molecule has 0 saturated heterocycles. The molecule has 7 nitrogen and oxygen atoms in total. The van der Waals surface area contributed by atoms with Gasteiger partial charge in [0.05, 0.1) is 17.1 Å². The van der Waals surface area contributed by atoms with Gasteiger partial charge in [0.25, 0.3) is 5.69 Å². The normalized spacial score (nSPS) is 10.4. The van der Waals surface area contributed by atoms with Gasteiger partial charge in [-0.15, -0.1) is 0 Å². The molecule has 0 spiro atoms. The zero-order valence-corrected chi connectivity index (χ0v) is 17.0. The second-order valence-corrected chi connectivity index (χ2v) is 6.82.